The van der Waals surface area contributed by atoms with Crippen molar-refractivity contribution in [1.82, 2.24) is 9.55 Å². The maximum atomic E-state index is 12.0. The van der Waals surface area contributed by atoms with Crippen LogP contribution in [0, 0.1) is 12.8 Å². The van der Waals surface area contributed by atoms with Crippen LogP contribution in [0.4, 0.5) is 14.7 Å². The van der Waals surface area contributed by atoms with Crippen molar-refractivity contribution >= 4 is 5.95 Å². The zero-order chi connectivity index (χ0) is 11.4. The van der Waals surface area contributed by atoms with Crippen molar-refractivity contribution in [3.05, 3.63) is 11.9 Å². The van der Waals surface area contributed by atoms with E-state index in [9.17, 15) is 8.78 Å². The second-order valence-electron chi connectivity index (χ2n) is 4.02. The van der Waals surface area contributed by atoms with Crippen molar-refractivity contribution in [3.63, 3.8) is 0 Å². The molecule has 1 rings (SSSR count). The molecule has 0 aliphatic rings. The van der Waals surface area contributed by atoms with Gasteiger partial charge in [0.25, 0.3) is 6.43 Å². The van der Waals surface area contributed by atoms with E-state index < -0.39 is 6.43 Å². The van der Waals surface area contributed by atoms with Gasteiger partial charge in [-0.25, -0.2) is 13.8 Å². The number of imidazole rings is 1. The molecule has 0 saturated carbocycles. The van der Waals surface area contributed by atoms with Crippen LogP contribution in [-0.4, -0.2) is 22.5 Å². The van der Waals surface area contributed by atoms with Crippen LogP contribution in [0.5, 0.6) is 0 Å². The number of rotatable bonds is 5. The Hall–Kier alpha value is -1.13. The number of alkyl halides is 2. The van der Waals surface area contributed by atoms with Gasteiger partial charge in [0, 0.05) is 12.7 Å². The summed E-state index contributed by atoms with van der Waals surface area (Å²) in [6.45, 7) is 6.43. The molecule has 1 N–H and O–H groups in total. The molecular formula is C10H17F2N3. The van der Waals surface area contributed by atoms with Crippen molar-refractivity contribution in [2.45, 2.75) is 33.7 Å². The van der Waals surface area contributed by atoms with E-state index in [0.29, 0.717) is 11.9 Å². The van der Waals surface area contributed by atoms with Crippen LogP contribution in [0.25, 0.3) is 0 Å². The third-order valence-corrected chi connectivity index (χ3v) is 1.87. The predicted molar refractivity (Wildman–Crippen MR) is 56.3 cm³/mol. The molecule has 0 aliphatic heterocycles. The van der Waals surface area contributed by atoms with Crippen molar-refractivity contribution < 1.29 is 8.78 Å². The smallest absolute Gasteiger partial charge is 0.255 e. The molecule has 0 bridgehead atoms. The van der Waals surface area contributed by atoms with E-state index in [-0.39, 0.29) is 6.54 Å². The van der Waals surface area contributed by atoms with Gasteiger partial charge in [-0.2, -0.15) is 0 Å². The van der Waals surface area contributed by atoms with Crippen LogP contribution in [0.3, 0.4) is 0 Å². The quantitative estimate of drug-likeness (QED) is 0.821. The first-order valence-corrected chi connectivity index (χ1v) is 5.05. The van der Waals surface area contributed by atoms with Gasteiger partial charge in [0.05, 0.1) is 12.2 Å². The van der Waals surface area contributed by atoms with Gasteiger partial charge >= 0.3 is 0 Å². The number of anilines is 1. The number of nitrogens with zero attached hydrogens (tertiary/aromatic N) is 2. The lowest BCUT2D eigenvalue weighted by Crippen LogP contribution is -2.15. The number of halogens is 2. The largest absolute Gasteiger partial charge is 0.350 e. The Labute approximate surface area is 88.5 Å². The zero-order valence-corrected chi connectivity index (χ0v) is 9.30. The van der Waals surface area contributed by atoms with Crippen LogP contribution in [0.2, 0.25) is 0 Å². The molecule has 0 aromatic carbocycles. The molecule has 0 aliphatic carbocycles. The van der Waals surface area contributed by atoms with Gasteiger partial charge in [-0.1, -0.05) is 13.8 Å². The summed E-state index contributed by atoms with van der Waals surface area (Å²) in [7, 11) is 0. The van der Waals surface area contributed by atoms with Gasteiger partial charge in [-0.3, -0.25) is 0 Å². The lowest BCUT2D eigenvalue weighted by molar-refractivity contribution is 0.163. The number of hydrogen-bond acceptors (Lipinski definition) is 2. The summed E-state index contributed by atoms with van der Waals surface area (Å²) >= 11 is 0. The maximum absolute atomic E-state index is 12.0. The van der Waals surface area contributed by atoms with E-state index in [2.05, 4.69) is 24.1 Å². The molecule has 0 spiro atoms. The normalized spacial score (nSPS) is 11.4. The fraction of sp³-hybridized carbons (Fsp3) is 0.700. The standard InChI is InChI=1S/C10H17F2N3/c1-7(2)5-15-6-8(3)14-10(15)13-4-9(11)12/h6-7,9H,4-5H2,1-3H3,(H,13,14). The summed E-state index contributed by atoms with van der Waals surface area (Å²) in [6, 6.07) is 0. The first-order valence-electron chi connectivity index (χ1n) is 5.05. The van der Waals surface area contributed by atoms with Crippen molar-refractivity contribution in [1.29, 1.82) is 0 Å². The van der Waals surface area contributed by atoms with Gasteiger partial charge in [0.15, 0.2) is 0 Å². The van der Waals surface area contributed by atoms with Gasteiger partial charge in [0.2, 0.25) is 5.95 Å². The molecule has 15 heavy (non-hydrogen) atoms. The molecule has 1 aromatic rings. The highest BCUT2D eigenvalue weighted by molar-refractivity contribution is 5.28. The average molecular weight is 217 g/mol. The third kappa shape index (κ3) is 3.85. The van der Waals surface area contributed by atoms with Crippen molar-refractivity contribution in [3.8, 4) is 0 Å². The van der Waals surface area contributed by atoms with Crippen molar-refractivity contribution in [2.75, 3.05) is 11.9 Å². The Bertz CT molecular complexity index is 308. The van der Waals surface area contributed by atoms with Crippen LogP contribution in [-0.2, 0) is 6.54 Å². The molecule has 0 saturated heterocycles. The molecule has 0 fully saturated rings. The minimum atomic E-state index is -2.35. The highest BCUT2D eigenvalue weighted by Gasteiger charge is 2.09. The van der Waals surface area contributed by atoms with E-state index in [1.54, 1.807) is 0 Å². The fourth-order valence-corrected chi connectivity index (χ4v) is 1.39. The second-order valence-corrected chi connectivity index (χ2v) is 4.02. The van der Waals surface area contributed by atoms with E-state index >= 15 is 0 Å². The number of aryl methyl sites for hydroxylation is 1. The van der Waals surface area contributed by atoms with Gasteiger partial charge in [-0.15, -0.1) is 0 Å². The van der Waals surface area contributed by atoms with E-state index in [1.807, 2.05) is 17.7 Å². The molecule has 0 unspecified atom stereocenters. The Kier molecular flexibility index (Phi) is 4.05. The Morgan fingerprint density at radius 1 is 1.47 bits per heavy atom. The molecule has 0 radical (unpaired) electrons. The summed E-state index contributed by atoms with van der Waals surface area (Å²) in [6.07, 6.45) is -0.483. The Balaban J connectivity index is 2.68. The van der Waals surface area contributed by atoms with Gasteiger partial charge in [-0.05, 0) is 12.8 Å². The molecule has 5 heteroatoms. The van der Waals surface area contributed by atoms with Gasteiger partial charge in [0.1, 0.15) is 0 Å². The zero-order valence-electron chi connectivity index (χ0n) is 9.30. The van der Waals surface area contributed by atoms with E-state index in [4.69, 9.17) is 0 Å². The molecule has 86 valence electrons. The van der Waals surface area contributed by atoms with Crippen LogP contribution in [0.1, 0.15) is 19.5 Å². The third-order valence-electron chi connectivity index (χ3n) is 1.87. The predicted octanol–water partition coefficient (Wildman–Crippen LogP) is 2.52. The molecule has 1 heterocycles. The first kappa shape index (κ1) is 11.9. The second kappa shape index (κ2) is 5.09. The first-order chi connectivity index (χ1) is 6.99. The molecular weight excluding hydrogens is 200 g/mol. The summed E-state index contributed by atoms with van der Waals surface area (Å²) in [4.78, 5) is 4.15. The van der Waals surface area contributed by atoms with Crippen LogP contribution >= 0.6 is 0 Å². The topological polar surface area (TPSA) is 29.9 Å². The number of nitrogens with one attached hydrogen (secondary N) is 1. The van der Waals surface area contributed by atoms with E-state index in [0.717, 1.165) is 12.2 Å². The Morgan fingerprint density at radius 2 is 2.13 bits per heavy atom. The fourth-order valence-electron chi connectivity index (χ4n) is 1.39. The number of hydrogen-bond donors (Lipinski definition) is 1. The molecule has 1 aromatic heterocycles. The SMILES string of the molecule is Cc1cn(CC(C)C)c(NCC(F)F)n1. The molecule has 0 amide bonds. The summed E-state index contributed by atoms with van der Waals surface area (Å²) in [5, 5.41) is 2.64. The molecule has 0 atom stereocenters. The minimum absolute atomic E-state index is 0.353. The Morgan fingerprint density at radius 3 is 2.67 bits per heavy atom. The monoisotopic (exact) mass is 217 g/mol. The average Bonchev–Trinajstić information content (AvgIpc) is 2.41. The highest BCUT2D eigenvalue weighted by atomic mass is 19.3. The van der Waals surface area contributed by atoms with Crippen LogP contribution in [0.15, 0.2) is 6.20 Å². The maximum Gasteiger partial charge on any atom is 0.255 e. The van der Waals surface area contributed by atoms with E-state index in [1.165, 1.54) is 0 Å². The van der Waals surface area contributed by atoms with Crippen molar-refractivity contribution in [2.24, 2.45) is 5.92 Å². The lowest BCUT2D eigenvalue weighted by atomic mass is 10.2. The summed E-state index contributed by atoms with van der Waals surface area (Å²) < 4.78 is 25.9. The summed E-state index contributed by atoms with van der Waals surface area (Å²) in [5.74, 6) is 0.993. The van der Waals surface area contributed by atoms with Gasteiger partial charge < -0.3 is 9.88 Å². The number of aromatic nitrogens is 2. The highest BCUT2D eigenvalue weighted by Crippen LogP contribution is 2.11. The lowest BCUT2D eigenvalue weighted by Gasteiger charge is -2.11. The minimum Gasteiger partial charge on any atom is -0.350 e. The molecule has 3 nitrogen and oxygen atoms in total. The summed E-state index contributed by atoms with van der Waals surface area (Å²) in [5.41, 5.74) is 0.840. The van der Waals surface area contributed by atoms with Crippen LogP contribution < -0.4 is 5.32 Å².